The minimum Gasteiger partial charge on any atom is -0.350 e. The Morgan fingerprint density at radius 2 is 2.00 bits per heavy atom. The molecule has 1 atom stereocenters. The van der Waals surface area contributed by atoms with Crippen molar-refractivity contribution < 1.29 is 0 Å². The second-order valence-electron chi connectivity index (χ2n) is 3.38. The lowest BCUT2D eigenvalue weighted by Crippen LogP contribution is -2.30. The Kier molecular flexibility index (Phi) is 3.64. The summed E-state index contributed by atoms with van der Waals surface area (Å²) in [6, 6.07) is 2.17. The van der Waals surface area contributed by atoms with E-state index in [1.54, 1.807) is 12.4 Å². The molecule has 1 unspecified atom stereocenters. The van der Waals surface area contributed by atoms with E-state index in [9.17, 15) is 0 Å². The summed E-state index contributed by atoms with van der Waals surface area (Å²) in [7, 11) is 4.09. The highest BCUT2D eigenvalue weighted by molar-refractivity contribution is 5.23. The topological polar surface area (TPSA) is 41.0 Å². The highest BCUT2D eigenvalue weighted by atomic mass is 15.1. The van der Waals surface area contributed by atoms with Gasteiger partial charge in [-0.15, -0.1) is 0 Å². The summed E-state index contributed by atoms with van der Waals surface area (Å²) in [5, 5.41) is 3.21. The molecule has 1 heterocycles. The van der Waals surface area contributed by atoms with Gasteiger partial charge in [0.1, 0.15) is 0 Å². The zero-order valence-corrected chi connectivity index (χ0v) is 8.36. The quantitative estimate of drug-likeness (QED) is 0.745. The third kappa shape index (κ3) is 3.85. The molecule has 1 aromatic rings. The molecule has 4 nitrogen and oxygen atoms in total. The fraction of sp³-hybridized carbons (Fsp3) is 0.556. The average Bonchev–Trinajstić information content (AvgIpc) is 2.04. The maximum atomic E-state index is 4.09. The molecule has 4 heteroatoms. The summed E-state index contributed by atoms with van der Waals surface area (Å²) in [6.07, 6.45) is 3.47. The minimum absolute atomic E-state index is 0.359. The van der Waals surface area contributed by atoms with Gasteiger partial charge in [-0.25, -0.2) is 9.97 Å². The summed E-state index contributed by atoms with van der Waals surface area (Å²) in [6.45, 7) is 3.08. The molecule has 1 aromatic heterocycles. The Labute approximate surface area is 79.0 Å². The molecule has 72 valence electrons. The molecule has 0 aliphatic heterocycles. The number of aromatic nitrogens is 2. The fourth-order valence-electron chi connectivity index (χ4n) is 1.19. The molecule has 13 heavy (non-hydrogen) atoms. The number of hydrogen-bond acceptors (Lipinski definition) is 4. The van der Waals surface area contributed by atoms with Gasteiger partial charge in [-0.3, -0.25) is 0 Å². The minimum atomic E-state index is 0.359. The van der Waals surface area contributed by atoms with Crippen molar-refractivity contribution >= 4 is 5.95 Å². The lowest BCUT2D eigenvalue weighted by atomic mass is 10.3. The summed E-state index contributed by atoms with van der Waals surface area (Å²) < 4.78 is 0. The van der Waals surface area contributed by atoms with Gasteiger partial charge < -0.3 is 10.2 Å². The lowest BCUT2D eigenvalue weighted by Gasteiger charge is -2.17. The van der Waals surface area contributed by atoms with E-state index in [-0.39, 0.29) is 0 Å². The molecule has 0 radical (unpaired) electrons. The van der Waals surface area contributed by atoms with Crippen LogP contribution in [0.5, 0.6) is 0 Å². The first-order valence-electron chi connectivity index (χ1n) is 4.37. The Morgan fingerprint density at radius 3 is 2.54 bits per heavy atom. The molecule has 0 saturated heterocycles. The van der Waals surface area contributed by atoms with Gasteiger partial charge in [0.25, 0.3) is 0 Å². The summed E-state index contributed by atoms with van der Waals surface area (Å²) in [5.74, 6) is 0.692. The van der Waals surface area contributed by atoms with Gasteiger partial charge in [0.2, 0.25) is 5.95 Å². The van der Waals surface area contributed by atoms with Crippen LogP contribution in [-0.2, 0) is 0 Å². The van der Waals surface area contributed by atoms with Gasteiger partial charge in [-0.2, -0.15) is 0 Å². The summed E-state index contributed by atoms with van der Waals surface area (Å²) >= 11 is 0. The van der Waals surface area contributed by atoms with Crippen LogP contribution in [0, 0.1) is 0 Å². The summed E-state index contributed by atoms with van der Waals surface area (Å²) in [5.41, 5.74) is 0. The van der Waals surface area contributed by atoms with Gasteiger partial charge in [0.15, 0.2) is 0 Å². The van der Waals surface area contributed by atoms with Crippen molar-refractivity contribution in [3.05, 3.63) is 18.5 Å². The number of likely N-dealkylation sites (N-methyl/N-ethyl adjacent to an activating group) is 1. The maximum Gasteiger partial charge on any atom is 0.222 e. The first kappa shape index (κ1) is 9.92. The van der Waals surface area contributed by atoms with Crippen LogP contribution in [0.1, 0.15) is 6.92 Å². The number of rotatable bonds is 4. The normalized spacial score (nSPS) is 12.9. The molecule has 0 bridgehead atoms. The van der Waals surface area contributed by atoms with Crippen LogP contribution in [0.15, 0.2) is 18.5 Å². The van der Waals surface area contributed by atoms with Crippen LogP contribution in [-0.4, -0.2) is 41.5 Å². The maximum absolute atomic E-state index is 4.09. The second-order valence-corrected chi connectivity index (χ2v) is 3.38. The van der Waals surface area contributed by atoms with Crippen molar-refractivity contribution in [3.8, 4) is 0 Å². The van der Waals surface area contributed by atoms with E-state index in [1.807, 2.05) is 20.2 Å². The van der Waals surface area contributed by atoms with Gasteiger partial charge in [0.05, 0.1) is 0 Å². The van der Waals surface area contributed by atoms with Crippen LogP contribution in [0.3, 0.4) is 0 Å². The van der Waals surface area contributed by atoms with E-state index < -0.39 is 0 Å². The van der Waals surface area contributed by atoms with Crippen LogP contribution < -0.4 is 5.32 Å². The van der Waals surface area contributed by atoms with Crippen molar-refractivity contribution in [2.45, 2.75) is 13.0 Å². The first-order valence-corrected chi connectivity index (χ1v) is 4.37. The molecule has 0 aliphatic carbocycles. The Morgan fingerprint density at radius 1 is 1.38 bits per heavy atom. The molecule has 1 N–H and O–H groups in total. The molecule has 0 aliphatic rings. The molecule has 0 fully saturated rings. The van der Waals surface area contributed by atoms with Gasteiger partial charge >= 0.3 is 0 Å². The molecular weight excluding hydrogens is 164 g/mol. The predicted molar refractivity (Wildman–Crippen MR) is 53.7 cm³/mol. The monoisotopic (exact) mass is 180 g/mol. The standard InChI is InChI=1S/C9H16N4/c1-8(7-13(2)3)12-9-10-5-4-6-11-9/h4-6,8H,7H2,1-3H3,(H,10,11,12). The number of nitrogens with one attached hydrogen (secondary N) is 1. The fourth-order valence-corrected chi connectivity index (χ4v) is 1.19. The molecule has 0 spiro atoms. The zero-order valence-electron chi connectivity index (χ0n) is 8.36. The average molecular weight is 180 g/mol. The highest BCUT2D eigenvalue weighted by Gasteiger charge is 2.03. The van der Waals surface area contributed by atoms with E-state index in [0.29, 0.717) is 12.0 Å². The Balaban J connectivity index is 2.41. The van der Waals surface area contributed by atoms with Crippen LogP contribution in [0.4, 0.5) is 5.95 Å². The van der Waals surface area contributed by atoms with Gasteiger partial charge in [-0.05, 0) is 27.1 Å². The second kappa shape index (κ2) is 4.77. The third-order valence-electron chi connectivity index (χ3n) is 1.58. The highest BCUT2D eigenvalue weighted by Crippen LogP contribution is 1.98. The van der Waals surface area contributed by atoms with Gasteiger partial charge in [-0.1, -0.05) is 0 Å². The van der Waals surface area contributed by atoms with E-state index >= 15 is 0 Å². The molecule has 1 rings (SSSR count). The largest absolute Gasteiger partial charge is 0.350 e. The van der Waals surface area contributed by atoms with Crippen molar-refractivity contribution in [2.75, 3.05) is 26.0 Å². The van der Waals surface area contributed by atoms with Crippen LogP contribution >= 0.6 is 0 Å². The summed E-state index contributed by atoms with van der Waals surface area (Å²) in [4.78, 5) is 10.3. The van der Waals surface area contributed by atoms with E-state index in [4.69, 9.17) is 0 Å². The lowest BCUT2D eigenvalue weighted by molar-refractivity contribution is 0.391. The smallest absolute Gasteiger partial charge is 0.222 e. The molecular formula is C9H16N4. The van der Waals surface area contributed by atoms with E-state index in [0.717, 1.165) is 6.54 Å². The van der Waals surface area contributed by atoms with E-state index in [1.165, 1.54) is 0 Å². The molecule has 0 amide bonds. The van der Waals surface area contributed by atoms with Crippen molar-refractivity contribution in [1.29, 1.82) is 0 Å². The zero-order chi connectivity index (χ0) is 9.68. The Hall–Kier alpha value is -1.16. The molecule has 0 saturated carbocycles. The van der Waals surface area contributed by atoms with Crippen molar-refractivity contribution in [2.24, 2.45) is 0 Å². The Bertz CT molecular complexity index is 235. The molecule has 0 aromatic carbocycles. The predicted octanol–water partition coefficient (Wildman–Crippen LogP) is 0.839. The SMILES string of the molecule is CC(CN(C)C)Nc1ncccn1. The van der Waals surface area contributed by atoms with Crippen molar-refractivity contribution in [3.63, 3.8) is 0 Å². The van der Waals surface area contributed by atoms with Crippen LogP contribution in [0.2, 0.25) is 0 Å². The van der Waals surface area contributed by atoms with Crippen LogP contribution in [0.25, 0.3) is 0 Å². The van der Waals surface area contributed by atoms with Crippen molar-refractivity contribution in [1.82, 2.24) is 14.9 Å². The number of nitrogens with zero attached hydrogens (tertiary/aromatic N) is 3. The number of anilines is 1. The third-order valence-corrected chi connectivity index (χ3v) is 1.58. The first-order chi connectivity index (χ1) is 6.18. The van der Waals surface area contributed by atoms with E-state index in [2.05, 4.69) is 27.1 Å². The number of hydrogen-bond donors (Lipinski definition) is 1. The van der Waals surface area contributed by atoms with Gasteiger partial charge in [0, 0.05) is 25.0 Å².